The van der Waals surface area contributed by atoms with Crippen molar-refractivity contribution in [2.45, 2.75) is 11.6 Å². The van der Waals surface area contributed by atoms with Crippen LogP contribution < -0.4 is 4.90 Å². The number of H-pyrrole nitrogens is 1. The van der Waals surface area contributed by atoms with Crippen LogP contribution >= 0.6 is 11.8 Å². The number of nitrogens with one attached hydrogen (secondary N) is 1. The number of rotatable bonds is 4. The molecule has 6 heteroatoms. The standard InChI is InChI=1S/C19H16FN3OS/c20-15-7-5-13(6-8-15)16-11-21-19(22-16)25-12-18(24)23-10-9-14-3-1-2-4-17(14)23/h1-8,11H,9-10,12H2,(H,21,22). The fourth-order valence-corrected chi connectivity index (χ4v) is 3.68. The zero-order valence-corrected chi connectivity index (χ0v) is 14.2. The molecule has 126 valence electrons. The first-order valence-electron chi connectivity index (χ1n) is 8.03. The molecule has 2 heterocycles. The summed E-state index contributed by atoms with van der Waals surface area (Å²) < 4.78 is 13.0. The Morgan fingerprint density at radius 2 is 2.00 bits per heavy atom. The minimum absolute atomic E-state index is 0.0784. The van der Waals surface area contributed by atoms with Crippen molar-refractivity contribution >= 4 is 23.4 Å². The maximum atomic E-state index is 13.0. The molecule has 0 bridgehead atoms. The van der Waals surface area contributed by atoms with Gasteiger partial charge in [0.1, 0.15) is 5.82 Å². The number of benzene rings is 2. The van der Waals surface area contributed by atoms with Crippen molar-refractivity contribution in [3.63, 3.8) is 0 Å². The zero-order valence-electron chi connectivity index (χ0n) is 13.4. The minimum atomic E-state index is -0.269. The topological polar surface area (TPSA) is 49.0 Å². The molecule has 4 rings (SSSR count). The van der Waals surface area contributed by atoms with Gasteiger partial charge in [0.15, 0.2) is 5.16 Å². The number of fused-ring (bicyclic) bond motifs is 1. The molecule has 25 heavy (non-hydrogen) atoms. The molecule has 0 unspecified atom stereocenters. The summed E-state index contributed by atoms with van der Waals surface area (Å²) in [5.41, 5.74) is 3.90. The molecule has 3 aromatic rings. The normalized spacial score (nSPS) is 13.1. The maximum Gasteiger partial charge on any atom is 0.237 e. The second kappa shape index (κ2) is 6.72. The van der Waals surface area contributed by atoms with E-state index >= 15 is 0 Å². The summed E-state index contributed by atoms with van der Waals surface area (Å²) in [4.78, 5) is 21.8. The summed E-state index contributed by atoms with van der Waals surface area (Å²) in [6.07, 6.45) is 2.60. The molecule has 0 aliphatic carbocycles. The Balaban J connectivity index is 1.41. The lowest BCUT2D eigenvalue weighted by Gasteiger charge is -2.16. The Morgan fingerprint density at radius 1 is 1.20 bits per heavy atom. The molecule has 0 saturated heterocycles. The Morgan fingerprint density at radius 3 is 2.84 bits per heavy atom. The fourth-order valence-electron chi connectivity index (χ4n) is 2.96. The van der Waals surface area contributed by atoms with Gasteiger partial charge in [-0.2, -0.15) is 0 Å². The highest BCUT2D eigenvalue weighted by Crippen LogP contribution is 2.29. The first kappa shape index (κ1) is 15.9. The third-order valence-electron chi connectivity index (χ3n) is 4.23. The Bertz CT molecular complexity index is 907. The van der Waals surface area contributed by atoms with Gasteiger partial charge < -0.3 is 9.88 Å². The lowest BCUT2D eigenvalue weighted by atomic mass is 10.2. The molecule has 2 aromatic carbocycles. The van der Waals surface area contributed by atoms with Crippen LogP contribution in [0.1, 0.15) is 5.56 Å². The van der Waals surface area contributed by atoms with Crippen molar-refractivity contribution in [2.24, 2.45) is 0 Å². The monoisotopic (exact) mass is 353 g/mol. The molecule has 1 amide bonds. The third-order valence-corrected chi connectivity index (χ3v) is 5.10. The molecule has 1 aromatic heterocycles. The smallest absolute Gasteiger partial charge is 0.237 e. The van der Waals surface area contributed by atoms with Gasteiger partial charge in [0.05, 0.1) is 17.6 Å². The second-order valence-corrected chi connectivity index (χ2v) is 6.79. The van der Waals surface area contributed by atoms with Crippen molar-refractivity contribution in [1.29, 1.82) is 0 Å². The molecule has 1 aliphatic heterocycles. The predicted octanol–water partition coefficient (Wildman–Crippen LogP) is 3.90. The summed E-state index contributed by atoms with van der Waals surface area (Å²) in [5.74, 6) is 0.133. The number of thioether (sulfide) groups is 1. The lowest BCUT2D eigenvalue weighted by molar-refractivity contribution is -0.116. The highest BCUT2D eigenvalue weighted by Gasteiger charge is 2.24. The van der Waals surface area contributed by atoms with Crippen LogP contribution in [-0.4, -0.2) is 28.2 Å². The molecule has 4 nitrogen and oxygen atoms in total. The zero-order chi connectivity index (χ0) is 17.2. The van der Waals surface area contributed by atoms with Crippen molar-refractivity contribution in [3.05, 3.63) is 66.1 Å². The van der Waals surface area contributed by atoms with Crippen molar-refractivity contribution < 1.29 is 9.18 Å². The minimum Gasteiger partial charge on any atom is -0.333 e. The summed E-state index contributed by atoms with van der Waals surface area (Å²) in [5, 5.41) is 0.681. The Hall–Kier alpha value is -2.60. The Labute approximate surface area is 149 Å². The number of amides is 1. The molecular weight excluding hydrogens is 337 g/mol. The number of para-hydroxylation sites is 1. The number of imidazole rings is 1. The van der Waals surface area contributed by atoms with E-state index in [9.17, 15) is 9.18 Å². The van der Waals surface area contributed by atoms with E-state index in [2.05, 4.69) is 16.0 Å². The molecule has 0 atom stereocenters. The predicted molar refractivity (Wildman–Crippen MR) is 97.2 cm³/mol. The van der Waals surface area contributed by atoms with Gasteiger partial charge in [-0.25, -0.2) is 9.37 Å². The summed E-state index contributed by atoms with van der Waals surface area (Å²) in [6, 6.07) is 14.2. The number of hydrogen-bond acceptors (Lipinski definition) is 3. The van der Waals surface area contributed by atoms with E-state index in [0.717, 1.165) is 29.9 Å². The van der Waals surface area contributed by atoms with Crippen LogP contribution in [0.4, 0.5) is 10.1 Å². The number of halogens is 1. The number of carbonyl (C=O) groups excluding carboxylic acids is 1. The van der Waals surface area contributed by atoms with Crippen LogP contribution in [0.5, 0.6) is 0 Å². The third kappa shape index (κ3) is 3.30. The number of carbonyl (C=O) groups is 1. The van der Waals surface area contributed by atoms with Gasteiger partial charge in [-0.15, -0.1) is 0 Å². The van der Waals surface area contributed by atoms with Crippen LogP contribution in [0, 0.1) is 5.82 Å². The molecule has 0 spiro atoms. The van der Waals surface area contributed by atoms with E-state index in [4.69, 9.17) is 0 Å². The molecular formula is C19H16FN3OS. The first-order chi connectivity index (χ1) is 12.2. The molecule has 0 saturated carbocycles. The number of aromatic nitrogens is 2. The van der Waals surface area contributed by atoms with E-state index < -0.39 is 0 Å². The average Bonchev–Trinajstić information content (AvgIpc) is 3.27. The van der Waals surface area contributed by atoms with E-state index in [1.165, 1.54) is 29.5 Å². The molecule has 1 N–H and O–H groups in total. The number of nitrogens with zero attached hydrogens (tertiary/aromatic N) is 2. The maximum absolute atomic E-state index is 13.0. The van der Waals surface area contributed by atoms with E-state index in [1.807, 2.05) is 23.1 Å². The van der Waals surface area contributed by atoms with Gasteiger partial charge in [0, 0.05) is 12.2 Å². The van der Waals surface area contributed by atoms with Gasteiger partial charge in [0.25, 0.3) is 0 Å². The van der Waals surface area contributed by atoms with Gasteiger partial charge in [-0.3, -0.25) is 4.79 Å². The van der Waals surface area contributed by atoms with Gasteiger partial charge >= 0.3 is 0 Å². The van der Waals surface area contributed by atoms with E-state index in [-0.39, 0.29) is 11.7 Å². The van der Waals surface area contributed by atoms with Crippen molar-refractivity contribution in [3.8, 4) is 11.3 Å². The van der Waals surface area contributed by atoms with Crippen LogP contribution in [0.25, 0.3) is 11.3 Å². The highest BCUT2D eigenvalue weighted by molar-refractivity contribution is 7.99. The van der Waals surface area contributed by atoms with Crippen LogP contribution in [-0.2, 0) is 11.2 Å². The number of hydrogen-bond donors (Lipinski definition) is 1. The summed E-state index contributed by atoms with van der Waals surface area (Å²) in [6.45, 7) is 0.734. The van der Waals surface area contributed by atoms with Gasteiger partial charge in [-0.05, 0) is 47.9 Å². The van der Waals surface area contributed by atoms with Gasteiger partial charge in [-0.1, -0.05) is 30.0 Å². The Kier molecular flexibility index (Phi) is 4.28. The van der Waals surface area contributed by atoms with E-state index in [0.29, 0.717) is 10.9 Å². The second-order valence-electron chi connectivity index (χ2n) is 5.82. The summed E-state index contributed by atoms with van der Waals surface area (Å²) in [7, 11) is 0. The fraction of sp³-hybridized carbons (Fsp3) is 0.158. The number of aromatic amines is 1. The SMILES string of the molecule is O=C(CSc1ncc(-c2ccc(F)cc2)[nH]1)N1CCc2ccccc21. The first-order valence-corrected chi connectivity index (χ1v) is 9.01. The summed E-state index contributed by atoms with van der Waals surface area (Å²) >= 11 is 1.38. The number of anilines is 1. The molecule has 1 aliphatic rings. The van der Waals surface area contributed by atoms with Crippen molar-refractivity contribution in [2.75, 3.05) is 17.2 Å². The average molecular weight is 353 g/mol. The largest absolute Gasteiger partial charge is 0.333 e. The van der Waals surface area contributed by atoms with Crippen LogP contribution in [0.3, 0.4) is 0 Å². The lowest BCUT2D eigenvalue weighted by Crippen LogP contribution is -2.30. The molecule has 0 radical (unpaired) electrons. The highest BCUT2D eigenvalue weighted by atomic mass is 32.2. The van der Waals surface area contributed by atoms with E-state index in [1.54, 1.807) is 18.3 Å². The van der Waals surface area contributed by atoms with Gasteiger partial charge in [0.2, 0.25) is 5.91 Å². The molecule has 0 fully saturated rings. The van der Waals surface area contributed by atoms with Crippen LogP contribution in [0.2, 0.25) is 0 Å². The van der Waals surface area contributed by atoms with Crippen molar-refractivity contribution in [1.82, 2.24) is 9.97 Å². The quantitative estimate of drug-likeness (QED) is 0.724. The van der Waals surface area contributed by atoms with Crippen LogP contribution in [0.15, 0.2) is 59.9 Å².